The fourth-order valence-electron chi connectivity index (χ4n) is 2.58. The molecule has 2 rings (SSSR count). The summed E-state index contributed by atoms with van der Waals surface area (Å²) in [5.74, 6) is 0.902. The maximum atomic E-state index is 7.54. The van der Waals surface area contributed by atoms with E-state index in [1.807, 2.05) is 24.3 Å². The standard InChI is InChI=1S/C16H24N2O/c1-13-5-3-10-18(13)11-4-12-19-16-8-6-15(7-9-16)14(2)17/h6-9,13,17H,3-5,10-12H2,1-2H3. The van der Waals surface area contributed by atoms with Crippen molar-refractivity contribution in [2.75, 3.05) is 19.7 Å². The van der Waals surface area contributed by atoms with Crippen LogP contribution in [0, 0.1) is 5.41 Å². The minimum Gasteiger partial charge on any atom is -0.494 e. The fraction of sp³-hybridized carbons (Fsp3) is 0.562. The van der Waals surface area contributed by atoms with E-state index in [1.165, 1.54) is 19.4 Å². The zero-order chi connectivity index (χ0) is 13.7. The molecule has 1 heterocycles. The number of likely N-dealkylation sites (tertiary alicyclic amines) is 1. The summed E-state index contributed by atoms with van der Waals surface area (Å²) in [4.78, 5) is 2.55. The number of nitrogens with zero attached hydrogens (tertiary/aromatic N) is 1. The molecule has 1 atom stereocenters. The Balaban J connectivity index is 1.69. The Morgan fingerprint density at radius 3 is 2.68 bits per heavy atom. The Bertz CT molecular complexity index is 413. The van der Waals surface area contributed by atoms with Crippen molar-refractivity contribution in [2.45, 2.75) is 39.2 Å². The van der Waals surface area contributed by atoms with Gasteiger partial charge in [-0.1, -0.05) is 0 Å². The first-order valence-corrected chi connectivity index (χ1v) is 7.19. The highest BCUT2D eigenvalue weighted by molar-refractivity contribution is 5.96. The molecular weight excluding hydrogens is 236 g/mol. The van der Waals surface area contributed by atoms with E-state index in [0.717, 1.165) is 36.9 Å². The van der Waals surface area contributed by atoms with Crippen LogP contribution in [0.5, 0.6) is 5.75 Å². The Morgan fingerprint density at radius 2 is 2.11 bits per heavy atom. The lowest BCUT2D eigenvalue weighted by Gasteiger charge is -2.20. The van der Waals surface area contributed by atoms with Crippen LogP contribution in [0.1, 0.15) is 38.7 Å². The van der Waals surface area contributed by atoms with Crippen molar-refractivity contribution < 1.29 is 4.74 Å². The zero-order valence-corrected chi connectivity index (χ0v) is 12.0. The van der Waals surface area contributed by atoms with Crippen molar-refractivity contribution in [1.82, 2.24) is 4.90 Å². The molecule has 0 aromatic heterocycles. The van der Waals surface area contributed by atoms with Gasteiger partial charge in [0.15, 0.2) is 0 Å². The number of ether oxygens (including phenoxy) is 1. The lowest BCUT2D eigenvalue weighted by Crippen LogP contribution is -2.28. The molecule has 0 spiro atoms. The lowest BCUT2D eigenvalue weighted by atomic mass is 10.1. The number of nitrogens with one attached hydrogen (secondary N) is 1. The normalized spacial score (nSPS) is 19.6. The number of rotatable bonds is 6. The first-order chi connectivity index (χ1) is 9.16. The number of hydrogen-bond donors (Lipinski definition) is 1. The van der Waals surface area contributed by atoms with E-state index < -0.39 is 0 Å². The Morgan fingerprint density at radius 1 is 1.37 bits per heavy atom. The monoisotopic (exact) mass is 260 g/mol. The van der Waals surface area contributed by atoms with Crippen LogP contribution in [0.2, 0.25) is 0 Å². The van der Waals surface area contributed by atoms with Crippen LogP contribution in [0.25, 0.3) is 0 Å². The van der Waals surface area contributed by atoms with E-state index >= 15 is 0 Å². The molecule has 1 aromatic rings. The first-order valence-electron chi connectivity index (χ1n) is 7.19. The van der Waals surface area contributed by atoms with Crippen molar-refractivity contribution in [3.63, 3.8) is 0 Å². The van der Waals surface area contributed by atoms with Gasteiger partial charge in [-0.2, -0.15) is 0 Å². The molecule has 3 heteroatoms. The van der Waals surface area contributed by atoms with Crippen molar-refractivity contribution in [3.05, 3.63) is 29.8 Å². The first kappa shape index (κ1) is 14.1. The summed E-state index contributed by atoms with van der Waals surface area (Å²) in [6, 6.07) is 8.54. The molecule has 104 valence electrons. The molecule has 19 heavy (non-hydrogen) atoms. The van der Waals surface area contributed by atoms with Crippen molar-refractivity contribution in [2.24, 2.45) is 0 Å². The van der Waals surface area contributed by atoms with Gasteiger partial charge in [-0.25, -0.2) is 0 Å². The van der Waals surface area contributed by atoms with Gasteiger partial charge in [-0.3, -0.25) is 0 Å². The van der Waals surface area contributed by atoms with Crippen LogP contribution in [0.4, 0.5) is 0 Å². The topological polar surface area (TPSA) is 36.3 Å². The van der Waals surface area contributed by atoms with Gasteiger partial charge in [-0.15, -0.1) is 0 Å². The molecule has 0 radical (unpaired) electrons. The molecule has 1 aromatic carbocycles. The second-order valence-corrected chi connectivity index (χ2v) is 5.38. The smallest absolute Gasteiger partial charge is 0.119 e. The second-order valence-electron chi connectivity index (χ2n) is 5.38. The summed E-state index contributed by atoms with van der Waals surface area (Å²) in [7, 11) is 0. The molecule has 0 saturated carbocycles. The van der Waals surface area contributed by atoms with Gasteiger partial charge in [0.1, 0.15) is 5.75 Å². The van der Waals surface area contributed by atoms with Gasteiger partial charge in [0, 0.05) is 18.3 Å². The van der Waals surface area contributed by atoms with Crippen LogP contribution in [-0.4, -0.2) is 36.3 Å². The molecule has 0 bridgehead atoms. The van der Waals surface area contributed by atoms with E-state index in [1.54, 1.807) is 6.92 Å². The van der Waals surface area contributed by atoms with Crippen LogP contribution in [0.15, 0.2) is 24.3 Å². The zero-order valence-electron chi connectivity index (χ0n) is 12.0. The molecule has 1 N–H and O–H groups in total. The summed E-state index contributed by atoms with van der Waals surface area (Å²) in [6.45, 7) is 7.26. The van der Waals surface area contributed by atoms with Crippen molar-refractivity contribution in [3.8, 4) is 5.75 Å². The Hall–Kier alpha value is -1.35. The third-order valence-corrected chi connectivity index (χ3v) is 3.84. The third kappa shape index (κ3) is 4.06. The van der Waals surface area contributed by atoms with Crippen LogP contribution in [-0.2, 0) is 0 Å². The van der Waals surface area contributed by atoms with Gasteiger partial charge in [0.05, 0.1) is 6.61 Å². The molecule has 0 amide bonds. The maximum absolute atomic E-state index is 7.54. The predicted octanol–water partition coefficient (Wildman–Crippen LogP) is 3.33. The van der Waals surface area contributed by atoms with Crippen LogP contribution < -0.4 is 4.74 Å². The van der Waals surface area contributed by atoms with E-state index in [0.29, 0.717) is 5.71 Å². The number of hydrogen-bond acceptors (Lipinski definition) is 3. The Kier molecular flexibility index (Phi) is 4.97. The second kappa shape index (κ2) is 6.71. The molecule has 1 aliphatic rings. The maximum Gasteiger partial charge on any atom is 0.119 e. The fourth-order valence-corrected chi connectivity index (χ4v) is 2.58. The SMILES string of the molecule is CC(=N)c1ccc(OCCCN2CCCC2C)cc1. The van der Waals surface area contributed by atoms with Crippen molar-refractivity contribution in [1.29, 1.82) is 5.41 Å². The molecule has 1 aliphatic heterocycles. The lowest BCUT2D eigenvalue weighted by molar-refractivity contribution is 0.230. The molecule has 1 saturated heterocycles. The Labute approximate surface area is 116 Å². The van der Waals surface area contributed by atoms with Crippen LogP contribution in [0.3, 0.4) is 0 Å². The highest BCUT2D eigenvalue weighted by Crippen LogP contribution is 2.17. The average molecular weight is 260 g/mol. The van der Waals surface area contributed by atoms with Gasteiger partial charge in [0.25, 0.3) is 0 Å². The van der Waals surface area contributed by atoms with E-state index in [4.69, 9.17) is 10.1 Å². The van der Waals surface area contributed by atoms with E-state index in [9.17, 15) is 0 Å². The molecule has 1 fully saturated rings. The van der Waals surface area contributed by atoms with Crippen LogP contribution >= 0.6 is 0 Å². The molecule has 0 aliphatic carbocycles. The number of benzene rings is 1. The molecule has 1 unspecified atom stereocenters. The van der Waals surface area contributed by atoms with Gasteiger partial charge in [0.2, 0.25) is 0 Å². The highest BCUT2D eigenvalue weighted by Gasteiger charge is 2.18. The average Bonchev–Trinajstić information content (AvgIpc) is 2.81. The molecule has 3 nitrogen and oxygen atoms in total. The summed E-state index contributed by atoms with van der Waals surface area (Å²) < 4.78 is 5.74. The summed E-state index contributed by atoms with van der Waals surface area (Å²) >= 11 is 0. The summed E-state index contributed by atoms with van der Waals surface area (Å²) in [5.41, 5.74) is 1.55. The highest BCUT2D eigenvalue weighted by atomic mass is 16.5. The van der Waals surface area contributed by atoms with Gasteiger partial charge in [-0.05, 0) is 69.5 Å². The summed E-state index contributed by atoms with van der Waals surface area (Å²) in [5, 5.41) is 7.54. The van der Waals surface area contributed by atoms with Gasteiger partial charge < -0.3 is 15.0 Å². The largest absolute Gasteiger partial charge is 0.494 e. The molecular formula is C16H24N2O. The quantitative estimate of drug-likeness (QED) is 0.629. The van der Waals surface area contributed by atoms with E-state index in [2.05, 4.69) is 11.8 Å². The van der Waals surface area contributed by atoms with Crippen molar-refractivity contribution >= 4 is 5.71 Å². The predicted molar refractivity (Wildman–Crippen MR) is 79.3 cm³/mol. The van der Waals surface area contributed by atoms with E-state index in [-0.39, 0.29) is 0 Å². The van der Waals surface area contributed by atoms with Gasteiger partial charge >= 0.3 is 0 Å². The minimum absolute atomic E-state index is 0.592. The summed E-state index contributed by atoms with van der Waals surface area (Å²) in [6.07, 6.45) is 3.76. The third-order valence-electron chi connectivity index (χ3n) is 3.84. The minimum atomic E-state index is 0.592.